The van der Waals surface area contributed by atoms with Gasteiger partial charge in [-0.25, -0.2) is 4.79 Å². The van der Waals surface area contributed by atoms with Crippen molar-refractivity contribution in [2.45, 2.75) is 32.1 Å². The fourth-order valence-corrected chi connectivity index (χ4v) is 4.17. The van der Waals surface area contributed by atoms with E-state index in [4.69, 9.17) is 0 Å². The third-order valence-electron chi connectivity index (χ3n) is 5.21. The number of urea groups is 1. The predicted molar refractivity (Wildman–Crippen MR) is 133 cm³/mol. The molecule has 0 bridgehead atoms. The summed E-state index contributed by atoms with van der Waals surface area (Å²) < 4.78 is 1.75. The Morgan fingerprint density at radius 1 is 0.879 bits per heavy atom. The molecule has 0 aromatic heterocycles. The van der Waals surface area contributed by atoms with Crippen LogP contribution in [0.3, 0.4) is 0 Å². The van der Waals surface area contributed by atoms with E-state index in [-0.39, 0.29) is 6.42 Å². The maximum atomic E-state index is 12.8. The highest BCUT2D eigenvalue weighted by Gasteiger charge is 2.28. The Bertz CT molecular complexity index is 1110. The molecule has 0 aliphatic heterocycles. The minimum atomic E-state index is -0.992. The molecule has 170 valence electrons. The monoisotopic (exact) mass is 572 g/mol. The fraction of sp³-hybridized carbons (Fsp3) is 0.250. The number of imide groups is 1. The second-order valence-corrected chi connectivity index (χ2v) is 9.41. The normalized spacial score (nSPS) is 14.1. The minimum absolute atomic E-state index is 0.0349. The number of rotatable bonds is 6. The molecular weight excluding hydrogens is 552 g/mol. The number of anilines is 2. The van der Waals surface area contributed by atoms with Crippen LogP contribution < -0.4 is 16.0 Å². The highest BCUT2D eigenvalue weighted by atomic mass is 79.9. The van der Waals surface area contributed by atoms with Gasteiger partial charge in [0.15, 0.2) is 0 Å². The highest BCUT2D eigenvalue weighted by molar-refractivity contribution is 9.10. The first-order valence-corrected chi connectivity index (χ1v) is 12.0. The van der Waals surface area contributed by atoms with Gasteiger partial charge in [0.05, 0.1) is 6.07 Å². The molecule has 9 heteroatoms. The maximum absolute atomic E-state index is 12.8. The first-order chi connectivity index (χ1) is 15.9. The minimum Gasteiger partial charge on any atom is -0.325 e. The summed E-state index contributed by atoms with van der Waals surface area (Å²) in [6, 6.07) is 15.5. The Morgan fingerprint density at radius 2 is 1.42 bits per heavy atom. The molecule has 0 saturated heterocycles. The average Bonchev–Trinajstić information content (AvgIpc) is 2.78. The predicted octanol–water partition coefficient (Wildman–Crippen LogP) is 5.90. The summed E-state index contributed by atoms with van der Waals surface area (Å²) in [4.78, 5) is 37.5. The van der Waals surface area contributed by atoms with Gasteiger partial charge < -0.3 is 10.6 Å². The molecule has 2 aromatic carbocycles. The smallest absolute Gasteiger partial charge is 0.325 e. The zero-order valence-corrected chi connectivity index (χ0v) is 20.8. The largest absolute Gasteiger partial charge is 0.325 e. The van der Waals surface area contributed by atoms with Gasteiger partial charge in [0.1, 0.15) is 5.92 Å². The average molecular weight is 574 g/mol. The molecule has 2 aromatic rings. The van der Waals surface area contributed by atoms with Crippen LogP contribution in [-0.4, -0.2) is 17.8 Å². The van der Waals surface area contributed by atoms with Crippen LogP contribution >= 0.6 is 31.9 Å². The number of benzene rings is 2. The van der Waals surface area contributed by atoms with Crippen LogP contribution in [0.5, 0.6) is 0 Å². The molecule has 0 spiro atoms. The van der Waals surface area contributed by atoms with Crippen LogP contribution in [0.2, 0.25) is 0 Å². The van der Waals surface area contributed by atoms with Gasteiger partial charge in [-0.15, -0.1) is 0 Å². The van der Waals surface area contributed by atoms with Crippen LogP contribution in [0, 0.1) is 17.2 Å². The van der Waals surface area contributed by atoms with Crippen molar-refractivity contribution in [2.24, 2.45) is 5.92 Å². The van der Waals surface area contributed by atoms with Gasteiger partial charge in [0.2, 0.25) is 11.8 Å². The van der Waals surface area contributed by atoms with Crippen molar-refractivity contribution in [1.29, 1.82) is 5.26 Å². The molecule has 3 N–H and O–H groups in total. The van der Waals surface area contributed by atoms with Crippen molar-refractivity contribution < 1.29 is 14.4 Å². The van der Waals surface area contributed by atoms with E-state index in [0.717, 1.165) is 27.4 Å². The summed E-state index contributed by atoms with van der Waals surface area (Å²) in [6.45, 7) is 0. The van der Waals surface area contributed by atoms with Crippen molar-refractivity contribution >= 4 is 61.1 Å². The lowest BCUT2D eigenvalue weighted by Gasteiger charge is -2.23. The second kappa shape index (κ2) is 11.8. The van der Waals surface area contributed by atoms with Gasteiger partial charge in [-0.3, -0.25) is 14.9 Å². The number of carbonyl (C=O) groups excluding carboxylic acids is 3. The van der Waals surface area contributed by atoms with E-state index in [9.17, 15) is 19.6 Å². The van der Waals surface area contributed by atoms with Gasteiger partial charge in [-0.1, -0.05) is 37.4 Å². The number of nitrogens with zero attached hydrogens (tertiary/aromatic N) is 1. The quantitative estimate of drug-likeness (QED) is 0.374. The Labute approximate surface area is 208 Å². The summed E-state index contributed by atoms with van der Waals surface area (Å²) in [5.41, 5.74) is 2.55. The summed E-state index contributed by atoms with van der Waals surface area (Å²) in [7, 11) is 0. The molecule has 1 unspecified atom stereocenters. The highest BCUT2D eigenvalue weighted by Crippen LogP contribution is 2.32. The number of amides is 4. The van der Waals surface area contributed by atoms with E-state index in [1.165, 1.54) is 0 Å². The van der Waals surface area contributed by atoms with E-state index in [1.54, 1.807) is 48.5 Å². The maximum Gasteiger partial charge on any atom is 0.325 e. The number of carbonyl (C=O) groups is 3. The molecule has 0 heterocycles. The topological polar surface area (TPSA) is 111 Å². The molecule has 4 amide bonds. The lowest BCUT2D eigenvalue weighted by Crippen LogP contribution is -2.35. The van der Waals surface area contributed by atoms with Crippen molar-refractivity contribution in [3.63, 3.8) is 0 Å². The van der Waals surface area contributed by atoms with Crippen LogP contribution in [0.15, 0.2) is 68.6 Å². The molecule has 3 rings (SSSR count). The first kappa shape index (κ1) is 24.7. The molecule has 1 atom stereocenters. The SMILES string of the molecule is N#CC(C(=O)Nc1ccc(Br)cc1)C1=C(CC(=O)NC(=O)Nc2ccc(Br)cc2)CCCC1. The summed E-state index contributed by atoms with van der Waals surface area (Å²) in [6.07, 6.45) is 2.85. The number of halogens is 2. The van der Waals surface area contributed by atoms with Gasteiger partial charge >= 0.3 is 6.03 Å². The van der Waals surface area contributed by atoms with Crippen molar-refractivity contribution in [1.82, 2.24) is 5.32 Å². The molecule has 1 aliphatic carbocycles. The van der Waals surface area contributed by atoms with Gasteiger partial charge in [-0.05, 0) is 79.8 Å². The lowest BCUT2D eigenvalue weighted by molar-refractivity contribution is -0.120. The van der Waals surface area contributed by atoms with Crippen molar-refractivity contribution in [2.75, 3.05) is 10.6 Å². The van der Waals surface area contributed by atoms with Gasteiger partial charge in [0, 0.05) is 26.7 Å². The molecular formula is C24H22Br2N4O3. The Morgan fingerprint density at radius 3 is 2.00 bits per heavy atom. The molecule has 33 heavy (non-hydrogen) atoms. The van der Waals surface area contributed by atoms with Crippen molar-refractivity contribution in [3.8, 4) is 6.07 Å². The number of hydrogen-bond acceptors (Lipinski definition) is 4. The second-order valence-electron chi connectivity index (χ2n) is 7.58. The Hall–Kier alpha value is -2.96. The third-order valence-corrected chi connectivity index (χ3v) is 6.27. The van der Waals surface area contributed by atoms with E-state index in [1.807, 2.05) is 0 Å². The van der Waals surface area contributed by atoms with E-state index in [2.05, 4.69) is 53.9 Å². The standard InChI is InChI=1S/C24H22Br2N4O3/c25-16-5-9-18(10-6-16)28-23(32)21(14-27)20-4-2-1-3-15(20)13-22(31)30-24(33)29-19-11-7-17(26)8-12-19/h5-12,21H,1-4,13H2,(H,28,32)(H2,29,30,31,33). The number of nitriles is 1. The first-order valence-electron chi connectivity index (χ1n) is 10.4. The van der Waals surface area contributed by atoms with E-state index in [0.29, 0.717) is 29.8 Å². The molecule has 7 nitrogen and oxygen atoms in total. The molecule has 1 aliphatic rings. The van der Waals surface area contributed by atoms with Crippen molar-refractivity contribution in [3.05, 3.63) is 68.6 Å². The fourth-order valence-electron chi connectivity index (χ4n) is 3.64. The third kappa shape index (κ3) is 7.27. The Kier molecular flexibility index (Phi) is 8.80. The lowest BCUT2D eigenvalue weighted by atomic mass is 9.82. The molecule has 0 radical (unpaired) electrons. The zero-order valence-electron chi connectivity index (χ0n) is 17.7. The zero-order chi connectivity index (χ0) is 23.8. The number of hydrogen-bond donors (Lipinski definition) is 3. The Balaban J connectivity index is 1.66. The summed E-state index contributed by atoms with van der Waals surface area (Å²) >= 11 is 6.67. The van der Waals surface area contributed by atoms with Crippen LogP contribution in [0.25, 0.3) is 0 Å². The summed E-state index contributed by atoms with van der Waals surface area (Å²) in [5.74, 6) is -1.90. The van der Waals surface area contributed by atoms with Gasteiger partial charge in [0.25, 0.3) is 0 Å². The molecule has 0 saturated carbocycles. The van der Waals surface area contributed by atoms with E-state index >= 15 is 0 Å². The number of nitrogens with one attached hydrogen (secondary N) is 3. The van der Waals surface area contributed by atoms with Gasteiger partial charge in [-0.2, -0.15) is 5.26 Å². The van der Waals surface area contributed by atoms with Crippen LogP contribution in [0.1, 0.15) is 32.1 Å². The van der Waals surface area contributed by atoms with E-state index < -0.39 is 23.8 Å². The van der Waals surface area contributed by atoms with Crippen LogP contribution in [0.4, 0.5) is 16.2 Å². The molecule has 0 fully saturated rings. The van der Waals surface area contributed by atoms with Crippen LogP contribution in [-0.2, 0) is 9.59 Å². The summed E-state index contributed by atoms with van der Waals surface area (Å²) in [5, 5.41) is 17.4.